The fourth-order valence-corrected chi connectivity index (χ4v) is 2.32. The SMILES string of the molecule is CCC(CC)CC(N)Cc1ccc(Br)cc1. The predicted octanol–water partition coefficient (Wildman–Crippen LogP) is 4.15. The molecule has 0 aliphatic heterocycles. The summed E-state index contributed by atoms with van der Waals surface area (Å²) in [6.45, 7) is 4.50. The first-order valence-corrected chi connectivity index (χ1v) is 6.95. The van der Waals surface area contributed by atoms with Crippen molar-refractivity contribution in [3.8, 4) is 0 Å². The molecule has 0 fully saturated rings. The third-order valence-electron chi connectivity index (χ3n) is 3.20. The smallest absolute Gasteiger partial charge is 0.0175 e. The molecule has 0 aliphatic rings. The molecule has 1 unspecified atom stereocenters. The van der Waals surface area contributed by atoms with Crippen LogP contribution in [0.4, 0.5) is 0 Å². The lowest BCUT2D eigenvalue weighted by atomic mass is 9.92. The monoisotopic (exact) mass is 283 g/mol. The lowest BCUT2D eigenvalue weighted by Gasteiger charge is -2.18. The average Bonchev–Trinajstić information content (AvgIpc) is 2.29. The lowest BCUT2D eigenvalue weighted by Crippen LogP contribution is -2.25. The van der Waals surface area contributed by atoms with Gasteiger partial charge in [-0.15, -0.1) is 0 Å². The molecule has 2 heteroatoms. The van der Waals surface area contributed by atoms with Crippen LogP contribution in [-0.2, 0) is 6.42 Å². The van der Waals surface area contributed by atoms with E-state index in [0.717, 1.165) is 23.2 Å². The second-order valence-corrected chi connectivity index (χ2v) is 5.42. The normalized spacial score (nSPS) is 13.1. The van der Waals surface area contributed by atoms with E-state index < -0.39 is 0 Å². The number of hydrogen-bond donors (Lipinski definition) is 1. The number of rotatable bonds is 6. The maximum atomic E-state index is 6.18. The molecule has 1 nitrogen and oxygen atoms in total. The molecule has 2 N–H and O–H groups in total. The molecule has 0 aromatic heterocycles. The second kappa shape index (κ2) is 7.08. The highest BCUT2D eigenvalue weighted by Crippen LogP contribution is 2.17. The van der Waals surface area contributed by atoms with Crippen molar-refractivity contribution >= 4 is 15.9 Å². The Balaban J connectivity index is 2.44. The standard InChI is InChI=1S/C14H22BrN/c1-3-11(4-2)9-14(16)10-12-5-7-13(15)8-6-12/h5-8,11,14H,3-4,9-10,16H2,1-2H3. The highest BCUT2D eigenvalue weighted by molar-refractivity contribution is 9.10. The van der Waals surface area contributed by atoms with Crippen molar-refractivity contribution < 1.29 is 0 Å². The first-order valence-electron chi connectivity index (χ1n) is 6.15. The van der Waals surface area contributed by atoms with Gasteiger partial charge >= 0.3 is 0 Å². The molecule has 1 atom stereocenters. The minimum Gasteiger partial charge on any atom is -0.327 e. The van der Waals surface area contributed by atoms with Crippen LogP contribution in [0.5, 0.6) is 0 Å². The molecule has 0 spiro atoms. The van der Waals surface area contributed by atoms with E-state index in [9.17, 15) is 0 Å². The summed E-state index contributed by atoms with van der Waals surface area (Å²) in [5, 5.41) is 0. The van der Waals surface area contributed by atoms with Crippen LogP contribution in [0.25, 0.3) is 0 Å². The molecule has 1 rings (SSSR count). The molecule has 0 saturated carbocycles. The summed E-state index contributed by atoms with van der Waals surface area (Å²) in [6, 6.07) is 8.76. The summed E-state index contributed by atoms with van der Waals surface area (Å²) in [4.78, 5) is 0. The van der Waals surface area contributed by atoms with Crippen molar-refractivity contribution in [2.75, 3.05) is 0 Å². The van der Waals surface area contributed by atoms with Crippen LogP contribution in [0.15, 0.2) is 28.7 Å². The van der Waals surface area contributed by atoms with E-state index in [-0.39, 0.29) is 0 Å². The minimum atomic E-state index is 0.297. The summed E-state index contributed by atoms with van der Waals surface area (Å²) in [5.74, 6) is 0.783. The van der Waals surface area contributed by atoms with E-state index in [2.05, 4.69) is 54.0 Å². The van der Waals surface area contributed by atoms with Gasteiger partial charge in [0.05, 0.1) is 0 Å². The van der Waals surface area contributed by atoms with Gasteiger partial charge in [-0.3, -0.25) is 0 Å². The zero-order valence-corrected chi connectivity index (χ0v) is 11.8. The fraction of sp³-hybridized carbons (Fsp3) is 0.571. The maximum absolute atomic E-state index is 6.18. The fourth-order valence-electron chi connectivity index (χ4n) is 2.06. The summed E-state index contributed by atoms with van der Waals surface area (Å²) in [7, 11) is 0. The topological polar surface area (TPSA) is 26.0 Å². The second-order valence-electron chi connectivity index (χ2n) is 4.51. The summed E-state index contributed by atoms with van der Waals surface area (Å²) < 4.78 is 1.13. The number of nitrogens with two attached hydrogens (primary N) is 1. The highest BCUT2D eigenvalue weighted by atomic mass is 79.9. The van der Waals surface area contributed by atoms with Gasteiger partial charge in [0.15, 0.2) is 0 Å². The Morgan fingerprint density at radius 1 is 1.12 bits per heavy atom. The Kier molecular flexibility index (Phi) is 6.07. The van der Waals surface area contributed by atoms with Crippen LogP contribution in [-0.4, -0.2) is 6.04 Å². The Bertz CT molecular complexity index is 290. The van der Waals surface area contributed by atoms with E-state index in [1.54, 1.807) is 0 Å². The van der Waals surface area contributed by atoms with Crippen molar-refractivity contribution in [2.24, 2.45) is 11.7 Å². The number of halogens is 1. The van der Waals surface area contributed by atoms with Gasteiger partial charge in [0.25, 0.3) is 0 Å². The van der Waals surface area contributed by atoms with Gasteiger partial charge in [-0.1, -0.05) is 54.8 Å². The number of hydrogen-bond acceptors (Lipinski definition) is 1. The predicted molar refractivity (Wildman–Crippen MR) is 74.5 cm³/mol. The van der Waals surface area contributed by atoms with E-state index >= 15 is 0 Å². The van der Waals surface area contributed by atoms with Crippen LogP contribution in [0.2, 0.25) is 0 Å². The molecule has 0 aliphatic carbocycles. The van der Waals surface area contributed by atoms with Gasteiger partial charge in [0.2, 0.25) is 0 Å². The molecule has 1 aromatic rings. The molecule has 16 heavy (non-hydrogen) atoms. The minimum absolute atomic E-state index is 0.297. The van der Waals surface area contributed by atoms with Crippen molar-refractivity contribution in [3.63, 3.8) is 0 Å². The largest absolute Gasteiger partial charge is 0.327 e. The molecule has 0 amide bonds. The molecule has 0 radical (unpaired) electrons. The Morgan fingerprint density at radius 3 is 2.19 bits per heavy atom. The van der Waals surface area contributed by atoms with Crippen LogP contribution in [0.3, 0.4) is 0 Å². The van der Waals surface area contributed by atoms with E-state index in [1.807, 2.05) is 0 Å². The molecule has 0 heterocycles. The van der Waals surface area contributed by atoms with E-state index in [1.165, 1.54) is 18.4 Å². The highest BCUT2D eigenvalue weighted by Gasteiger charge is 2.10. The van der Waals surface area contributed by atoms with Crippen molar-refractivity contribution in [1.29, 1.82) is 0 Å². The maximum Gasteiger partial charge on any atom is 0.0175 e. The van der Waals surface area contributed by atoms with Crippen LogP contribution in [0.1, 0.15) is 38.7 Å². The van der Waals surface area contributed by atoms with Crippen LogP contribution in [0, 0.1) is 5.92 Å². The molecule has 0 saturated heterocycles. The third kappa shape index (κ3) is 4.67. The zero-order chi connectivity index (χ0) is 12.0. The third-order valence-corrected chi connectivity index (χ3v) is 3.73. The molecular weight excluding hydrogens is 262 g/mol. The van der Waals surface area contributed by atoms with Gasteiger partial charge in [-0.2, -0.15) is 0 Å². The summed E-state index contributed by atoms with van der Waals surface area (Å²) in [5.41, 5.74) is 7.52. The Labute approximate surface area is 108 Å². The summed E-state index contributed by atoms with van der Waals surface area (Å²) >= 11 is 3.44. The van der Waals surface area contributed by atoms with E-state index in [0.29, 0.717) is 6.04 Å². The van der Waals surface area contributed by atoms with Gasteiger partial charge in [-0.05, 0) is 36.5 Å². The average molecular weight is 284 g/mol. The van der Waals surface area contributed by atoms with Gasteiger partial charge in [0, 0.05) is 10.5 Å². The Morgan fingerprint density at radius 2 is 1.69 bits per heavy atom. The van der Waals surface area contributed by atoms with Crippen LogP contribution < -0.4 is 5.73 Å². The van der Waals surface area contributed by atoms with Gasteiger partial charge < -0.3 is 5.73 Å². The molecule has 0 bridgehead atoms. The van der Waals surface area contributed by atoms with Crippen molar-refractivity contribution in [2.45, 2.75) is 45.6 Å². The first-order chi connectivity index (χ1) is 7.65. The lowest BCUT2D eigenvalue weighted by molar-refractivity contribution is 0.407. The summed E-state index contributed by atoms with van der Waals surface area (Å²) in [6.07, 6.45) is 4.61. The van der Waals surface area contributed by atoms with Gasteiger partial charge in [0.1, 0.15) is 0 Å². The molecule has 90 valence electrons. The zero-order valence-electron chi connectivity index (χ0n) is 10.2. The van der Waals surface area contributed by atoms with Gasteiger partial charge in [-0.25, -0.2) is 0 Å². The number of benzene rings is 1. The quantitative estimate of drug-likeness (QED) is 0.834. The van der Waals surface area contributed by atoms with Crippen LogP contribution >= 0.6 is 15.9 Å². The molecular formula is C14H22BrN. The van der Waals surface area contributed by atoms with E-state index in [4.69, 9.17) is 5.73 Å². The molecule has 1 aromatic carbocycles. The van der Waals surface area contributed by atoms with Crippen molar-refractivity contribution in [3.05, 3.63) is 34.3 Å². The first kappa shape index (κ1) is 13.7. The Hall–Kier alpha value is -0.340. The van der Waals surface area contributed by atoms with Crippen molar-refractivity contribution in [1.82, 2.24) is 0 Å².